The second kappa shape index (κ2) is 4.88. The molecule has 0 fully saturated rings. The summed E-state index contributed by atoms with van der Waals surface area (Å²) in [4.78, 5) is 8.39. The number of rotatable bonds is 4. The number of nitrogens with one attached hydrogen (secondary N) is 1. The minimum Gasteiger partial charge on any atom is -0.264 e. The number of hydrogen-bond donors (Lipinski definition) is 2. The Labute approximate surface area is 110 Å². The van der Waals surface area contributed by atoms with E-state index in [1.54, 1.807) is 0 Å². The van der Waals surface area contributed by atoms with Gasteiger partial charge in [0.25, 0.3) is 24.9 Å². The molecule has 13 heteroatoms. The molecular weight excluding hydrogens is 329 g/mol. The molecule has 1 aromatic rings. The lowest BCUT2D eigenvalue weighted by Crippen LogP contribution is -2.22. The molecule has 0 radical (unpaired) electrons. The predicted molar refractivity (Wildman–Crippen MR) is 62.8 cm³/mol. The summed E-state index contributed by atoms with van der Waals surface area (Å²) >= 11 is 0. The first-order valence-electron chi connectivity index (χ1n) is 4.15. The Morgan fingerprint density at radius 1 is 1.32 bits per heavy atom. The second-order valence-corrected chi connectivity index (χ2v) is 6.97. The summed E-state index contributed by atoms with van der Waals surface area (Å²) in [6.45, 7) is 0. The van der Waals surface area contributed by atoms with E-state index in [4.69, 9.17) is 10.7 Å². The Balaban J connectivity index is 3.60. The van der Waals surface area contributed by atoms with E-state index in [1.807, 2.05) is 0 Å². The van der Waals surface area contributed by atoms with Crippen molar-refractivity contribution in [2.45, 2.75) is 4.90 Å². The average Bonchev–Trinajstić information content (AvgIpc) is 2.11. The summed E-state index contributed by atoms with van der Waals surface area (Å²) < 4.78 is 58.3. The van der Waals surface area contributed by atoms with Crippen LogP contribution in [0, 0.1) is 15.9 Å². The Morgan fingerprint density at radius 2 is 1.84 bits per heavy atom. The summed E-state index contributed by atoms with van der Waals surface area (Å²) in [6.07, 6.45) is 0. The first kappa shape index (κ1) is 15.6. The Bertz CT molecular complexity index is 746. The molecule has 0 heterocycles. The number of halogens is 2. The molecule has 0 saturated carbocycles. The quantitative estimate of drug-likeness (QED) is 0.459. The van der Waals surface area contributed by atoms with E-state index >= 15 is 0 Å². The molecule has 9 nitrogen and oxygen atoms in total. The van der Waals surface area contributed by atoms with Crippen molar-refractivity contribution in [2.75, 3.05) is 4.72 Å². The normalized spacial score (nSPS) is 12.2. The molecule has 1 aromatic carbocycles. The van der Waals surface area contributed by atoms with E-state index in [0.29, 0.717) is 0 Å². The maximum Gasteiger partial charge on any atom is 0.296 e. The van der Waals surface area contributed by atoms with Crippen LogP contribution in [0.5, 0.6) is 0 Å². The Kier molecular flexibility index (Phi) is 4.00. The van der Waals surface area contributed by atoms with Crippen LogP contribution >= 0.6 is 10.7 Å². The van der Waals surface area contributed by atoms with Crippen molar-refractivity contribution in [3.8, 4) is 0 Å². The topological polar surface area (TPSA) is 149 Å². The van der Waals surface area contributed by atoms with Crippen LogP contribution in [0.1, 0.15) is 0 Å². The highest BCUT2D eigenvalue weighted by atomic mass is 35.7. The monoisotopic (exact) mass is 333 g/mol. The summed E-state index contributed by atoms with van der Waals surface area (Å²) in [6, 6.07) is 0.572. The molecule has 1 rings (SSSR count). The SMILES string of the molecule is NS(=O)(=O)Nc1cc(F)c(S(=O)(=O)Cl)cc1[N+](=O)[O-]. The molecule has 3 N–H and O–H groups in total. The fraction of sp³-hybridized carbons (Fsp3) is 0. The third-order valence-electron chi connectivity index (χ3n) is 1.76. The van der Waals surface area contributed by atoms with Crippen molar-refractivity contribution < 1.29 is 26.1 Å². The minimum absolute atomic E-state index is 0.283. The zero-order valence-corrected chi connectivity index (χ0v) is 11.1. The molecule has 0 bridgehead atoms. The molecule has 0 unspecified atom stereocenters. The maximum atomic E-state index is 13.4. The molecule has 0 aliphatic rings. The van der Waals surface area contributed by atoms with E-state index in [2.05, 4.69) is 5.14 Å². The highest BCUT2D eigenvalue weighted by molar-refractivity contribution is 8.13. The van der Waals surface area contributed by atoms with Crippen molar-refractivity contribution in [3.63, 3.8) is 0 Å². The molecule has 0 aliphatic carbocycles. The van der Waals surface area contributed by atoms with E-state index in [-0.39, 0.29) is 12.1 Å². The van der Waals surface area contributed by atoms with Crippen LogP contribution in [-0.2, 0) is 19.3 Å². The van der Waals surface area contributed by atoms with Gasteiger partial charge in [-0.2, -0.15) is 8.42 Å². The van der Waals surface area contributed by atoms with Gasteiger partial charge in [0.05, 0.1) is 4.92 Å². The molecule has 106 valence electrons. The molecule has 0 spiro atoms. The number of nitrogens with zero attached hydrogens (tertiary/aromatic N) is 1. The van der Waals surface area contributed by atoms with Crippen molar-refractivity contribution in [3.05, 3.63) is 28.1 Å². The van der Waals surface area contributed by atoms with Gasteiger partial charge in [-0.15, -0.1) is 0 Å². The van der Waals surface area contributed by atoms with Crippen molar-refractivity contribution in [1.82, 2.24) is 0 Å². The molecule has 0 amide bonds. The molecule has 0 atom stereocenters. The van der Waals surface area contributed by atoms with Gasteiger partial charge in [0.1, 0.15) is 16.4 Å². The van der Waals surface area contributed by atoms with Crippen molar-refractivity contribution in [1.29, 1.82) is 0 Å². The van der Waals surface area contributed by atoms with Crippen molar-refractivity contribution in [2.24, 2.45) is 5.14 Å². The zero-order valence-electron chi connectivity index (χ0n) is 8.70. The summed E-state index contributed by atoms with van der Waals surface area (Å²) in [5.41, 5.74) is -1.84. The second-order valence-electron chi connectivity index (χ2n) is 3.14. The lowest BCUT2D eigenvalue weighted by atomic mass is 10.2. The van der Waals surface area contributed by atoms with Crippen LogP contribution < -0.4 is 9.86 Å². The van der Waals surface area contributed by atoms with Crippen LogP contribution in [0.25, 0.3) is 0 Å². The Hall–Kier alpha value is -1.50. The van der Waals surface area contributed by atoms with Gasteiger partial charge in [-0.3, -0.25) is 14.8 Å². The Morgan fingerprint density at radius 3 is 2.21 bits per heavy atom. The number of nitro benzene ring substituents is 1. The fourth-order valence-corrected chi connectivity index (χ4v) is 2.48. The molecule has 0 saturated heterocycles. The number of hydrogen-bond acceptors (Lipinski definition) is 6. The van der Waals surface area contributed by atoms with E-state index in [1.165, 1.54) is 4.72 Å². The van der Waals surface area contributed by atoms with Crippen LogP contribution in [0.15, 0.2) is 17.0 Å². The highest BCUT2D eigenvalue weighted by Crippen LogP contribution is 2.31. The predicted octanol–water partition coefficient (Wildman–Crippen LogP) is 0.277. The van der Waals surface area contributed by atoms with E-state index in [9.17, 15) is 31.3 Å². The van der Waals surface area contributed by atoms with Crippen LogP contribution in [0.4, 0.5) is 15.8 Å². The van der Waals surface area contributed by atoms with Crippen LogP contribution in [-0.4, -0.2) is 21.8 Å². The third-order valence-corrected chi connectivity index (χ3v) is 3.60. The molecule has 0 aromatic heterocycles. The maximum absolute atomic E-state index is 13.4. The fourth-order valence-electron chi connectivity index (χ4n) is 1.12. The number of nitrogens with two attached hydrogens (primary N) is 1. The van der Waals surface area contributed by atoms with E-state index < -0.39 is 46.3 Å². The average molecular weight is 334 g/mol. The molecule has 19 heavy (non-hydrogen) atoms. The lowest BCUT2D eigenvalue weighted by Gasteiger charge is -2.06. The van der Waals surface area contributed by atoms with Gasteiger partial charge in [-0.1, -0.05) is 0 Å². The number of benzene rings is 1. The van der Waals surface area contributed by atoms with Gasteiger partial charge in [0, 0.05) is 22.8 Å². The van der Waals surface area contributed by atoms with Crippen molar-refractivity contribution >= 4 is 41.3 Å². The summed E-state index contributed by atoms with van der Waals surface area (Å²) in [7, 11) is -4.10. The first-order chi connectivity index (χ1) is 8.42. The summed E-state index contributed by atoms with van der Waals surface area (Å²) in [5, 5.41) is 15.2. The van der Waals surface area contributed by atoms with E-state index in [0.717, 1.165) is 0 Å². The van der Waals surface area contributed by atoms with Gasteiger partial charge >= 0.3 is 0 Å². The van der Waals surface area contributed by atoms with Gasteiger partial charge in [0.15, 0.2) is 0 Å². The van der Waals surface area contributed by atoms with Crippen LogP contribution in [0.2, 0.25) is 0 Å². The zero-order chi connectivity index (χ0) is 15.0. The van der Waals surface area contributed by atoms with Gasteiger partial charge < -0.3 is 0 Å². The highest BCUT2D eigenvalue weighted by Gasteiger charge is 2.26. The molecular formula is C6H5ClFN3O6S2. The smallest absolute Gasteiger partial charge is 0.264 e. The first-order valence-corrected chi connectivity index (χ1v) is 8.00. The number of nitro groups is 1. The van der Waals surface area contributed by atoms with Gasteiger partial charge in [0.2, 0.25) is 0 Å². The number of anilines is 1. The largest absolute Gasteiger partial charge is 0.296 e. The van der Waals surface area contributed by atoms with Crippen LogP contribution in [0.3, 0.4) is 0 Å². The minimum atomic E-state index is -4.57. The molecule has 0 aliphatic heterocycles. The standard InChI is InChI=1S/C6H5ClFN3O6S2/c7-18(14,15)6-2-5(11(12)13)4(1-3(6)8)10-19(9,16)17/h1-2,10H,(H2,9,16,17). The summed E-state index contributed by atoms with van der Waals surface area (Å²) in [5.74, 6) is -1.47. The van der Waals surface area contributed by atoms with Gasteiger partial charge in [-0.05, 0) is 0 Å². The third kappa shape index (κ3) is 3.99. The van der Waals surface area contributed by atoms with Gasteiger partial charge in [-0.25, -0.2) is 17.9 Å². The lowest BCUT2D eigenvalue weighted by molar-refractivity contribution is -0.384.